The molecule has 0 saturated carbocycles. The molecule has 0 aliphatic heterocycles. The van der Waals surface area contributed by atoms with Crippen LogP contribution in [0.4, 0.5) is 11.4 Å². The van der Waals surface area contributed by atoms with Gasteiger partial charge in [-0.2, -0.15) is 0 Å². The van der Waals surface area contributed by atoms with Crippen LogP contribution in [0.1, 0.15) is 11.1 Å². The number of nitrogens with zero attached hydrogens (tertiary/aromatic N) is 2. The normalized spacial score (nSPS) is 10.6. The summed E-state index contributed by atoms with van der Waals surface area (Å²) in [7, 11) is 4.97. The number of aryl methyl sites for hydroxylation is 1. The van der Waals surface area contributed by atoms with Crippen molar-refractivity contribution >= 4 is 17.3 Å². The molecule has 0 unspecified atom stereocenters. The van der Waals surface area contributed by atoms with Crippen LogP contribution >= 0.6 is 0 Å². The average Bonchev–Trinajstić information content (AvgIpc) is 2.63. The van der Waals surface area contributed by atoms with E-state index in [1.165, 1.54) is 12.1 Å². The Morgan fingerprint density at radius 1 is 1.19 bits per heavy atom. The van der Waals surface area contributed by atoms with Crippen molar-refractivity contribution in [3.05, 3.63) is 57.6 Å². The van der Waals surface area contributed by atoms with Crippen LogP contribution < -0.4 is 14.8 Å². The summed E-state index contributed by atoms with van der Waals surface area (Å²) in [4.78, 5) is 24.6. The molecule has 0 aliphatic rings. The Bertz CT molecular complexity index is 838. The van der Waals surface area contributed by atoms with Gasteiger partial charge in [0.2, 0.25) is 5.91 Å². The van der Waals surface area contributed by atoms with Gasteiger partial charge in [0.15, 0.2) is 0 Å². The van der Waals surface area contributed by atoms with E-state index >= 15 is 0 Å². The zero-order valence-electron chi connectivity index (χ0n) is 15.8. The van der Waals surface area contributed by atoms with Gasteiger partial charge in [-0.05, 0) is 25.6 Å². The van der Waals surface area contributed by atoms with Crippen LogP contribution in [0.5, 0.6) is 11.5 Å². The van der Waals surface area contributed by atoms with Crippen molar-refractivity contribution in [2.75, 3.05) is 33.1 Å². The van der Waals surface area contributed by atoms with Crippen molar-refractivity contribution in [2.24, 2.45) is 0 Å². The lowest BCUT2D eigenvalue weighted by molar-refractivity contribution is -0.384. The summed E-state index contributed by atoms with van der Waals surface area (Å²) in [5.74, 6) is 1.11. The molecule has 0 aromatic heterocycles. The van der Waals surface area contributed by atoms with Gasteiger partial charge in [-0.25, -0.2) is 0 Å². The number of likely N-dealkylation sites (N-methyl/N-ethyl adjacent to an activating group) is 1. The molecule has 8 nitrogen and oxygen atoms in total. The molecule has 144 valence electrons. The Kier molecular flexibility index (Phi) is 6.73. The molecule has 2 rings (SSSR count). The topological polar surface area (TPSA) is 93.9 Å². The number of methoxy groups -OCH3 is 2. The Hall–Kier alpha value is -3.13. The first-order valence-corrected chi connectivity index (χ1v) is 8.28. The van der Waals surface area contributed by atoms with Gasteiger partial charge >= 0.3 is 0 Å². The van der Waals surface area contributed by atoms with Gasteiger partial charge in [-0.1, -0.05) is 12.1 Å². The van der Waals surface area contributed by atoms with Crippen LogP contribution in [0.15, 0.2) is 36.4 Å². The third-order valence-corrected chi connectivity index (χ3v) is 4.05. The number of carbonyl (C=O) groups is 1. The van der Waals surface area contributed by atoms with Gasteiger partial charge in [0.1, 0.15) is 11.5 Å². The van der Waals surface area contributed by atoms with Crippen molar-refractivity contribution in [3.63, 3.8) is 0 Å². The molecule has 0 atom stereocenters. The number of ether oxygens (including phenoxy) is 2. The molecule has 0 radical (unpaired) electrons. The zero-order chi connectivity index (χ0) is 20.0. The third-order valence-electron chi connectivity index (χ3n) is 4.05. The molecule has 27 heavy (non-hydrogen) atoms. The van der Waals surface area contributed by atoms with E-state index in [-0.39, 0.29) is 18.1 Å². The highest BCUT2D eigenvalue weighted by atomic mass is 16.6. The number of non-ortho nitro benzene ring substituents is 1. The predicted molar refractivity (Wildman–Crippen MR) is 102 cm³/mol. The number of hydrogen-bond donors (Lipinski definition) is 1. The number of rotatable bonds is 8. The summed E-state index contributed by atoms with van der Waals surface area (Å²) < 4.78 is 10.5. The minimum atomic E-state index is -0.489. The van der Waals surface area contributed by atoms with Crippen LogP contribution in [0.3, 0.4) is 0 Å². The summed E-state index contributed by atoms with van der Waals surface area (Å²) in [6, 6.07) is 9.89. The molecule has 8 heteroatoms. The number of nitrogens with one attached hydrogen (secondary N) is 1. The first-order valence-electron chi connectivity index (χ1n) is 8.28. The van der Waals surface area contributed by atoms with Gasteiger partial charge in [0, 0.05) is 30.3 Å². The molecule has 0 aliphatic carbocycles. The Morgan fingerprint density at radius 2 is 1.93 bits per heavy atom. The van der Waals surface area contributed by atoms with Crippen molar-refractivity contribution in [3.8, 4) is 11.5 Å². The standard InChI is InChI=1S/C19H23N3O5/c1-13-5-7-15(22(24)25)9-17(13)20-19(23)12-21(2)11-14-6-8-16(26-3)10-18(14)27-4/h5-10H,11-12H2,1-4H3,(H,20,23). The zero-order valence-corrected chi connectivity index (χ0v) is 15.8. The first kappa shape index (κ1) is 20.2. The second kappa shape index (κ2) is 9.00. The number of anilines is 1. The molecule has 2 aromatic rings. The van der Waals surface area contributed by atoms with Crippen LogP contribution in [0.25, 0.3) is 0 Å². The number of hydrogen-bond acceptors (Lipinski definition) is 6. The molecular weight excluding hydrogens is 350 g/mol. The number of nitro groups is 1. The third kappa shape index (κ3) is 5.42. The Balaban J connectivity index is 2.02. The molecule has 0 heterocycles. The van der Waals surface area contributed by atoms with Gasteiger partial charge in [-0.3, -0.25) is 19.8 Å². The lowest BCUT2D eigenvalue weighted by Gasteiger charge is -2.19. The van der Waals surface area contributed by atoms with Crippen LogP contribution in [0, 0.1) is 17.0 Å². The fourth-order valence-corrected chi connectivity index (χ4v) is 2.62. The summed E-state index contributed by atoms with van der Waals surface area (Å²) in [6.07, 6.45) is 0. The molecule has 0 bridgehead atoms. The molecule has 0 fully saturated rings. The minimum absolute atomic E-state index is 0.0628. The van der Waals surface area contributed by atoms with E-state index in [4.69, 9.17) is 9.47 Å². The summed E-state index contributed by atoms with van der Waals surface area (Å²) >= 11 is 0. The maximum Gasteiger partial charge on any atom is 0.271 e. The van der Waals surface area contributed by atoms with E-state index in [0.717, 1.165) is 11.1 Å². The smallest absolute Gasteiger partial charge is 0.271 e. The second-order valence-corrected chi connectivity index (χ2v) is 6.15. The number of amides is 1. The molecule has 0 spiro atoms. The fraction of sp³-hybridized carbons (Fsp3) is 0.316. The van der Waals surface area contributed by atoms with Crippen LogP contribution in [0.2, 0.25) is 0 Å². The lowest BCUT2D eigenvalue weighted by atomic mass is 10.1. The lowest BCUT2D eigenvalue weighted by Crippen LogP contribution is -2.30. The van der Waals surface area contributed by atoms with Crippen molar-refractivity contribution in [2.45, 2.75) is 13.5 Å². The van der Waals surface area contributed by atoms with Crippen LogP contribution in [-0.2, 0) is 11.3 Å². The molecule has 0 saturated heterocycles. The van der Waals surface area contributed by atoms with E-state index < -0.39 is 4.92 Å². The Morgan fingerprint density at radius 3 is 2.56 bits per heavy atom. The van der Waals surface area contributed by atoms with E-state index in [1.54, 1.807) is 33.3 Å². The van der Waals surface area contributed by atoms with Crippen molar-refractivity contribution in [1.29, 1.82) is 0 Å². The van der Waals surface area contributed by atoms with Gasteiger partial charge in [0.05, 0.1) is 31.4 Å². The average molecular weight is 373 g/mol. The van der Waals surface area contributed by atoms with E-state index in [1.807, 2.05) is 24.1 Å². The summed E-state index contributed by atoms with van der Waals surface area (Å²) in [5.41, 5.74) is 2.05. The second-order valence-electron chi connectivity index (χ2n) is 6.15. The quantitative estimate of drug-likeness (QED) is 0.565. The highest BCUT2D eigenvalue weighted by molar-refractivity contribution is 5.93. The van der Waals surface area contributed by atoms with Gasteiger partial charge in [-0.15, -0.1) is 0 Å². The summed E-state index contributed by atoms with van der Waals surface area (Å²) in [5, 5.41) is 13.6. The van der Waals surface area contributed by atoms with E-state index in [2.05, 4.69) is 5.32 Å². The number of nitro benzene ring substituents is 1. The first-order chi connectivity index (χ1) is 12.8. The van der Waals surface area contributed by atoms with E-state index in [0.29, 0.717) is 23.7 Å². The SMILES string of the molecule is COc1ccc(CN(C)CC(=O)Nc2cc([N+](=O)[O-])ccc2C)c(OC)c1. The van der Waals surface area contributed by atoms with Gasteiger partial charge < -0.3 is 14.8 Å². The highest BCUT2D eigenvalue weighted by Crippen LogP contribution is 2.25. The number of benzene rings is 2. The van der Waals surface area contributed by atoms with Crippen molar-refractivity contribution in [1.82, 2.24) is 4.90 Å². The predicted octanol–water partition coefficient (Wildman–Crippen LogP) is 2.99. The highest BCUT2D eigenvalue weighted by Gasteiger charge is 2.14. The Labute approximate surface area is 157 Å². The monoisotopic (exact) mass is 373 g/mol. The van der Waals surface area contributed by atoms with Crippen molar-refractivity contribution < 1.29 is 19.2 Å². The molecule has 1 amide bonds. The van der Waals surface area contributed by atoms with Crippen LogP contribution in [-0.4, -0.2) is 43.5 Å². The molecular formula is C19H23N3O5. The maximum atomic E-state index is 12.3. The molecule has 2 aromatic carbocycles. The maximum absolute atomic E-state index is 12.3. The number of carbonyl (C=O) groups excluding carboxylic acids is 1. The van der Waals surface area contributed by atoms with E-state index in [9.17, 15) is 14.9 Å². The minimum Gasteiger partial charge on any atom is -0.497 e. The molecule has 1 N–H and O–H groups in total. The van der Waals surface area contributed by atoms with Gasteiger partial charge in [0.25, 0.3) is 5.69 Å². The summed E-state index contributed by atoms with van der Waals surface area (Å²) in [6.45, 7) is 2.40. The fourth-order valence-electron chi connectivity index (χ4n) is 2.62. The largest absolute Gasteiger partial charge is 0.497 e.